The van der Waals surface area contributed by atoms with Gasteiger partial charge in [0.05, 0.1) is 16.7 Å². The fourth-order valence-corrected chi connectivity index (χ4v) is 4.69. The summed E-state index contributed by atoms with van der Waals surface area (Å²) < 4.78 is 2.24. The quantitative estimate of drug-likeness (QED) is 0.419. The summed E-state index contributed by atoms with van der Waals surface area (Å²) in [5.74, 6) is 2.05. The molecule has 0 atom stereocenters. The Balaban J connectivity index is 1.35. The molecule has 3 aromatic heterocycles. The standard InChI is InChI=1S/C22H18N6OS/c29-21-15-6-2-4-8-18(15)24-19(25-21)12-30-22-27-26-20(28(22)13-9-10-13)16-11-23-17-7-3-1-5-14(16)17/h1-8,11,13,23H,9-10,12H2,(H,24,25,29). The average molecular weight is 414 g/mol. The number of thioether (sulfide) groups is 1. The summed E-state index contributed by atoms with van der Waals surface area (Å²) in [7, 11) is 0. The van der Waals surface area contributed by atoms with Crippen LogP contribution in [0.25, 0.3) is 33.2 Å². The molecular formula is C22H18N6OS. The van der Waals surface area contributed by atoms with Crippen LogP contribution >= 0.6 is 11.8 Å². The zero-order chi connectivity index (χ0) is 20.1. The van der Waals surface area contributed by atoms with Gasteiger partial charge in [-0.05, 0) is 31.0 Å². The highest BCUT2D eigenvalue weighted by atomic mass is 32.2. The fraction of sp³-hybridized carbons (Fsp3) is 0.182. The molecule has 148 valence electrons. The van der Waals surface area contributed by atoms with Crippen molar-refractivity contribution in [3.63, 3.8) is 0 Å². The van der Waals surface area contributed by atoms with E-state index in [4.69, 9.17) is 0 Å². The zero-order valence-electron chi connectivity index (χ0n) is 16.0. The maximum atomic E-state index is 12.3. The number of fused-ring (bicyclic) bond motifs is 2. The maximum Gasteiger partial charge on any atom is 0.258 e. The van der Waals surface area contributed by atoms with Crippen LogP contribution in [0.2, 0.25) is 0 Å². The molecule has 8 heteroatoms. The number of para-hydroxylation sites is 2. The van der Waals surface area contributed by atoms with E-state index in [0.717, 1.165) is 40.3 Å². The molecule has 1 fully saturated rings. The third-order valence-corrected chi connectivity index (χ3v) is 6.36. The SMILES string of the molecule is O=c1[nH]c(CSc2nnc(-c3c[nH]c4ccccc34)n2C2CC2)nc2ccccc12. The lowest BCUT2D eigenvalue weighted by Gasteiger charge is -2.08. The predicted molar refractivity (Wildman–Crippen MR) is 118 cm³/mol. The molecule has 1 saturated carbocycles. The topological polar surface area (TPSA) is 92.3 Å². The minimum Gasteiger partial charge on any atom is -0.360 e. The maximum absolute atomic E-state index is 12.3. The first kappa shape index (κ1) is 17.5. The van der Waals surface area contributed by atoms with Gasteiger partial charge in [-0.15, -0.1) is 10.2 Å². The molecule has 7 nitrogen and oxygen atoms in total. The molecule has 5 aromatic rings. The number of aromatic nitrogens is 6. The predicted octanol–water partition coefficient (Wildman–Crippen LogP) is 4.29. The van der Waals surface area contributed by atoms with Crippen LogP contribution in [-0.4, -0.2) is 29.7 Å². The van der Waals surface area contributed by atoms with E-state index in [1.807, 2.05) is 36.5 Å². The molecule has 2 aromatic carbocycles. The van der Waals surface area contributed by atoms with Crippen LogP contribution in [0.4, 0.5) is 0 Å². The van der Waals surface area contributed by atoms with Crippen molar-refractivity contribution in [3.05, 3.63) is 70.9 Å². The van der Waals surface area contributed by atoms with Crippen molar-refractivity contribution in [2.45, 2.75) is 29.8 Å². The van der Waals surface area contributed by atoms with Crippen molar-refractivity contribution in [2.24, 2.45) is 0 Å². The normalized spacial score (nSPS) is 14.0. The third-order valence-electron chi connectivity index (χ3n) is 5.41. The highest BCUT2D eigenvalue weighted by molar-refractivity contribution is 7.98. The lowest BCUT2D eigenvalue weighted by Crippen LogP contribution is -2.11. The molecule has 6 rings (SSSR count). The Hall–Kier alpha value is -3.39. The molecule has 0 radical (unpaired) electrons. The van der Waals surface area contributed by atoms with Gasteiger partial charge in [0.1, 0.15) is 5.82 Å². The number of H-pyrrole nitrogens is 2. The molecule has 0 unspecified atom stereocenters. The van der Waals surface area contributed by atoms with Gasteiger partial charge < -0.3 is 9.97 Å². The summed E-state index contributed by atoms with van der Waals surface area (Å²) in [6, 6.07) is 16.0. The van der Waals surface area contributed by atoms with E-state index in [9.17, 15) is 4.79 Å². The second-order valence-corrected chi connectivity index (χ2v) is 8.42. The molecule has 0 aliphatic heterocycles. The van der Waals surface area contributed by atoms with Gasteiger partial charge in [-0.2, -0.15) is 0 Å². The molecule has 1 aliphatic carbocycles. The Morgan fingerprint density at radius 2 is 1.83 bits per heavy atom. The van der Waals surface area contributed by atoms with Crippen LogP contribution in [0.3, 0.4) is 0 Å². The van der Waals surface area contributed by atoms with Crippen LogP contribution in [0.15, 0.2) is 64.7 Å². The lowest BCUT2D eigenvalue weighted by molar-refractivity contribution is 0.669. The smallest absolute Gasteiger partial charge is 0.258 e. The van der Waals surface area contributed by atoms with E-state index < -0.39 is 0 Å². The molecule has 30 heavy (non-hydrogen) atoms. The highest BCUT2D eigenvalue weighted by Crippen LogP contribution is 2.42. The minimum atomic E-state index is -0.112. The lowest BCUT2D eigenvalue weighted by atomic mass is 10.1. The molecule has 0 saturated heterocycles. The van der Waals surface area contributed by atoms with E-state index in [2.05, 4.69) is 41.8 Å². The van der Waals surface area contributed by atoms with E-state index in [1.165, 1.54) is 0 Å². The molecule has 1 aliphatic rings. The second kappa shape index (κ2) is 6.84. The highest BCUT2D eigenvalue weighted by Gasteiger charge is 2.31. The Bertz CT molecular complexity index is 1450. The van der Waals surface area contributed by atoms with E-state index in [-0.39, 0.29) is 5.56 Å². The summed E-state index contributed by atoms with van der Waals surface area (Å²) in [4.78, 5) is 23.2. The summed E-state index contributed by atoms with van der Waals surface area (Å²) in [6.45, 7) is 0. The van der Waals surface area contributed by atoms with Gasteiger partial charge in [-0.1, -0.05) is 42.1 Å². The van der Waals surface area contributed by atoms with Crippen molar-refractivity contribution >= 4 is 33.6 Å². The zero-order valence-corrected chi connectivity index (χ0v) is 16.8. The number of hydrogen-bond acceptors (Lipinski definition) is 5. The second-order valence-electron chi connectivity index (χ2n) is 7.47. The largest absolute Gasteiger partial charge is 0.360 e. The van der Waals surface area contributed by atoms with Gasteiger partial charge in [-0.3, -0.25) is 9.36 Å². The molecule has 0 spiro atoms. The summed E-state index contributed by atoms with van der Waals surface area (Å²) in [5, 5.41) is 11.6. The summed E-state index contributed by atoms with van der Waals surface area (Å²) >= 11 is 1.56. The van der Waals surface area contributed by atoms with Gasteiger partial charge in [0, 0.05) is 28.7 Å². The summed E-state index contributed by atoms with van der Waals surface area (Å²) in [6.07, 6.45) is 4.27. The number of nitrogens with zero attached hydrogens (tertiary/aromatic N) is 4. The number of benzene rings is 2. The average Bonchev–Trinajstić information content (AvgIpc) is 3.38. The van der Waals surface area contributed by atoms with Crippen molar-refractivity contribution in [1.29, 1.82) is 0 Å². The van der Waals surface area contributed by atoms with Crippen LogP contribution in [0.1, 0.15) is 24.7 Å². The van der Waals surface area contributed by atoms with Gasteiger partial charge in [0.15, 0.2) is 11.0 Å². The Morgan fingerprint density at radius 3 is 2.70 bits per heavy atom. The van der Waals surface area contributed by atoms with Crippen molar-refractivity contribution in [3.8, 4) is 11.4 Å². The molecule has 2 N–H and O–H groups in total. The molecular weight excluding hydrogens is 396 g/mol. The van der Waals surface area contributed by atoms with Crippen molar-refractivity contribution < 1.29 is 0 Å². The Morgan fingerprint density at radius 1 is 1.03 bits per heavy atom. The first-order valence-electron chi connectivity index (χ1n) is 9.90. The number of hydrogen-bond donors (Lipinski definition) is 2. The summed E-state index contributed by atoms with van der Waals surface area (Å²) in [5.41, 5.74) is 2.75. The number of aromatic amines is 2. The molecule has 0 bridgehead atoms. The van der Waals surface area contributed by atoms with Gasteiger partial charge in [-0.25, -0.2) is 4.98 Å². The van der Waals surface area contributed by atoms with E-state index in [0.29, 0.717) is 28.5 Å². The first-order valence-corrected chi connectivity index (χ1v) is 10.9. The van der Waals surface area contributed by atoms with Gasteiger partial charge in [0.2, 0.25) is 0 Å². The first-order chi connectivity index (χ1) is 14.8. The fourth-order valence-electron chi connectivity index (χ4n) is 3.81. The van der Waals surface area contributed by atoms with E-state index >= 15 is 0 Å². The van der Waals surface area contributed by atoms with Crippen molar-refractivity contribution in [1.82, 2.24) is 29.7 Å². The Kier molecular flexibility index (Phi) is 3.98. The van der Waals surface area contributed by atoms with Crippen LogP contribution in [0, 0.1) is 0 Å². The molecule has 3 heterocycles. The van der Waals surface area contributed by atoms with E-state index in [1.54, 1.807) is 17.8 Å². The third kappa shape index (κ3) is 2.91. The molecule has 0 amide bonds. The number of rotatable bonds is 5. The van der Waals surface area contributed by atoms with Crippen LogP contribution < -0.4 is 5.56 Å². The van der Waals surface area contributed by atoms with Crippen LogP contribution in [-0.2, 0) is 5.75 Å². The van der Waals surface area contributed by atoms with Gasteiger partial charge >= 0.3 is 0 Å². The van der Waals surface area contributed by atoms with Gasteiger partial charge in [0.25, 0.3) is 5.56 Å². The Labute approximate surface area is 175 Å². The minimum absolute atomic E-state index is 0.112. The number of nitrogens with one attached hydrogen (secondary N) is 2. The van der Waals surface area contributed by atoms with Crippen LogP contribution in [0.5, 0.6) is 0 Å². The van der Waals surface area contributed by atoms with Crippen molar-refractivity contribution in [2.75, 3.05) is 0 Å². The monoisotopic (exact) mass is 414 g/mol.